The number of carbonyl (C=O) groups is 2. The van der Waals surface area contributed by atoms with E-state index < -0.39 is 11.9 Å². The Morgan fingerprint density at radius 2 is 1.67 bits per heavy atom. The van der Waals surface area contributed by atoms with Gasteiger partial charge in [0.15, 0.2) is 0 Å². The SMILES string of the molecule is CC(C)CN1CCN(C(=O)[C@H]2CC(C)C[C@H]2C(=O)O)CC1. The average Bonchev–Trinajstić information content (AvgIpc) is 2.80. The zero-order valence-corrected chi connectivity index (χ0v) is 13.4. The van der Waals surface area contributed by atoms with Crippen molar-refractivity contribution < 1.29 is 14.7 Å². The highest BCUT2D eigenvalue weighted by molar-refractivity contribution is 5.85. The highest BCUT2D eigenvalue weighted by Gasteiger charge is 2.43. The van der Waals surface area contributed by atoms with Crippen molar-refractivity contribution in [1.29, 1.82) is 0 Å². The monoisotopic (exact) mass is 296 g/mol. The Labute approximate surface area is 127 Å². The van der Waals surface area contributed by atoms with Gasteiger partial charge in [-0.3, -0.25) is 14.5 Å². The van der Waals surface area contributed by atoms with E-state index in [-0.39, 0.29) is 11.8 Å². The molecule has 0 aromatic rings. The molecule has 1 N–H and O–H groups in total. The minimum Gasteiger partial charge on any atom is -0.481 e. The van der Waals surface area contributed by atoms with Gasteiger partial charge in [-0.2, -0.15) is 0 Å². The van der Waals surface area contributed by atoms with Gasteiger partial charge in [-0.25, -0.2) is 0 Å². The van der Waals surface area contributed by atoms with Crippen LogP contribution >= 0.6 is 0 Å². The van der Waals surface area contributed by atoms with Gasteiger partial charge in [0.2, 0.25) is 5.91 Å². The molecule has 1 aliphatic heterocycles. The molecular formula is C16H28N2O3. The number of nitrogens with zero attached hydrogens (tertiary/aromatic N) is 2. The van der Waals surface area contributed by atoms with Crippen LogP contribution in [0.4, 0.5) is 0 Å². The van der Waals surface area contributed by atoms with Crippen molar-refractivity contribution in [2.45, 2.75) is 33.6 Å². The predicted molar refractivity (Wildman–Crippen MR) is 80.9 cm³/mol. The lowest BCUT2D eigenvalue weighted by Gasteiger charge is -2.37. The van der Waals surface area contributed by atoms with Crippen LogP contribution in [0.5, 0.6) is 0 Å². The zero-order valence-electron chi connectivity index (χ0n) is 13.4. The van der Waals surface area contributed by atoms with E-state index in [2.05, 4.69) is 18.7 Å². The van der Waals surface area contributed by atoms with E-state index >= 15 is 0 Å². The number of carbonyl (C=O) groups excluding carboxylic acids is 1. The maximum Gasteiger partial charge on any atom is 0.307 e. The van der Waals surface area contributed by atoms with Crippen molar-refractivity contribution >= 4 is 11.9 Å². The predicted octanol–water partition coefficient (Wildman–Crippen LogP) is 1.53. The Balaban J connectivity index is 1.91. The van der Waals surface area contributed by atoms with Crippen LogP contribution in [0, 0.1) is 23.7 Å². The summed E-state index contributed by atoms with van der Waals surface area (Å²) >= 11 is 0. The fraction of sp³-hybridized carbons (Fsp3) is 0.875. The van der Waals surface area contributed by atoms with Gasteiger partial charge in [0.05, 0.1) is 11.8 Å². The molecule has 0 aromatic carbocycles. The number of rotatable bonds is 4. The summed E-state index contributed by atoms with van der Waals surface area (Å²) in [5.41, 5.74) is 0. The molecule has 2 fully saturated rings. The van der Waals surface area contributed by atoms with Gasteiger partial charge < -0.3 is 10.0 Å². The fourth-order valence-corrected chi connectivity index (χ4v) is 3.74. The number of amides is 1. The van der Waals surface area contributed by atoms with Gasteiger partial charge in [0.25, 0.3) is 0 Å². The van der Waals surface area contributed by atoms with E-state index in [4.69, 9.17) is 0 Å². The molecule has 0 spiro atoms. The van der Waals surface area contributed by atoms with E-state index in [1.807, 2.05) is 11.8 Å². The van der Waals surface area contributed by atoms with E-state index in [0.29, 0.717) is 18.3 Å². The fourth-order valence-electron chi connectivity index (χ4n) is 3.74. The number of carboxylic acids is 1. The van der Waals surface area contributed by atoms with Crippen molar-refractivity contribution in [3.63, 3.8) is 0 Å². The second kappa shape index (κ2) is 6.77. The summed E-state index contributed by atoms with van der Waals surface area (Å²) in [5, 5.41) is 9.31. The maximum absolute atomic E-state index is 12.6. The second-order valence-electron chi connectivity index (χ2n) is 7.15. The molecule has 1 aliphatic carbocycles. The molecule has 1 unspecified atom stereocenters. The number of hydrogen-bond donors (Lipinski definition) is 1. The van der Waals surface area contributed by atoms with Crippen molar-refractivity contribution in [2.24, 2.45) is 23.7 Å². The minimum absolute atomic E-state index is 0.0657. The van der Waals surface area contributed by atoms with Gasteiger partial charge in [-0.05, 0) is 24.7 Å². The first-order chi connectivity index (χ1) is 9.88. The van der Waals surface area contributed by atoms with Crippen molar-refractivity contribution in [1.82, 2.24) is 9.80 Å². The average molecular weight is 296 g/mol. The number of hydrogen-bond acceptors (Lipinski definition) is 3. The van der Waals surface area contributed by atoms with Crippen LogP contribution in [-0.2, 0) is 9.59 Å². The lowest BCUT2D eigenvalue weighted by Crippen LogP contribution is -2.51. The molecule has 1 heterocycles. The summed E-state index contributed by atoms with van der Waals surface area (Å²) in [6.07, 6.45) is 1.36. The van der Waals surface area contributed by atoms with Gasteiger partial charge in [-0.15, -0.1) is 0 Å². The molecule has 5 heteroatoms. The highest BCUT2D eigenvalue weighted by Crippen LogP contribution is 2.37. The highest BCUT2D eigenvalue weighted by atomic mass is 16.4. The first kappa shape index (κ1) is 16.3. The Morgan fingerprint density at radius 3 is 2.19 bits per heavy atom. The molecule has 0 bridgehead atoms. The quantitative estimate of drug-likeness (QED) is 0.855. The molecule has 1 amide bonds. The lowest BCUT2D eigenvalue weighted by molar-refractivity contribution is -0.149. The summed E-state index contributed by atoms with van der Waals surface area (Å²) in [5.74, 6) is -0.566. The van der Waals surface area contributed by atoms with Crippen LogP contribution < -0.4 is 0 Å². The van der Waals surface area contributed by atoms with Gasteiger partial charge in [0.1, 0.15) is 0 Å². The standard InChI is InChI=1S/C16H28N2O3/c1-11(2)10-17-4-6-18(7-5-17)15(19)13-8-12(3)9-14(13)16(20)21/h11-14H,4-10H2,1-3H3,(H,20,21)/t12?,13-,14+/m0/s1. The molecule has 2 rings (SSSR count). The van der Waals surface area contributed by atoms with Crippen LogP contribution in [0.3, 0.4) is 0 Å². The Kier molecular flexibility index (Phi) is 5.25. The summed E-state index contributed by atoms with van der Waals surface area (Å²) in [6, 6.07) is 0. The first-order valence-corrected chi connectivity index (χ1v) is 8.12. The Hall–Kier alpha value is -1.10. The molecule has 120 valence electrons. The van der Waals surface area contributed by atoms with Crippen LogP contribution in [0.2, 0.25) is 0 Å². The summed E-state index contributed by atoms with van der Waals surface area (Å²) in [4.78, 5) is 28.2. The summed E-state index contributed by atoms with van der Waals surface area (Å²) in [6.45, 7) is 10.8. The van der Waals surface area contributed by atoms with Crippen molar-refractivity contribution in [3.8, 4) is 0 Å². The van der Waals surface area contributed by atoms with Crippen LogP contribution in [-0.4, -0.2) is 59.5 Å². The first-order valence-electron chi connectivity index (χ1n) is 8.12. The van der Waals surface area contributed by atoms with Crippen LogP contribution in [0.15, 0.2) is 0 Å². The lowest BCUT2D eigenvalue weighted by atomic mass is 9.94. The van der Waals surface area contributed by atoms with E-state index in [1.54, 1.807) is 0 Å². The van der Waals surface area contributed by atoms with Crippen LogP contribution in [0.1, 0.15) is 33.6 Å². The van der Waals surface area contributed by atoms with Gasteiger partial charge in [-0.1, -0.05) is 20.8 Å². The topological polar surface area (TPSA) is 60.9 Å². The molecule has 3 atom stereocenters. The van der Waals surface area contributed by atoms with Crippen molar-refractivity contribution in [3.05, 3.63) is 0 Å². The number of aliphatic carboxylic acids is 1. The number of carboxylic acid groups (broad SMARTS) is 1. The van der Waals surface area contributed by atoms with E-state index in [1.165, 1.54) is 0 Å². The summed E-state index contributed by atoms with van der Waals surface area (Å²) in [7, 11) is 0. The normalized spacial score (nSPS) is 30.9. The molecular weight excluding hydrogens is 268 g/mol. The molecule has 0 aromatic heterocycles. The Morgan fingerprint density at radius 1 is 1.10 bits per heavy atom. The van der Waals surface area contributed by atoms with E-state index in [9.17, 15) is 14.7 Å². The Bertz CT molecular complexity index is 389. The van der Waals surface area contributed by atoms with Crippen LogP contribution in [0.25, 0.3) is 0 Å². The van der Waals surface area contributed by atoms with Gasteiger partial charge in [0, 0.05) is 32.7 Å². The second-order valence-corrected chi connectivity index (χ2v) is 7.15. The molecule has 0 radical (unpaired) electrons. The molecule has 21 heavy (non-hydrogen) atoms. The van der Waals surface area contributed by atoms with Gasteiger partial charge >= 0.3 is 5.97 Å². The molecule has 1 saturated heterocycles. The third-order valence-corrected chi connectivity index (χ3v) is 4.74. The smallest absolute Gasteiger partial charge is 0.307 e. The molecule has 1 saturated carbocycles. The van der Waals surface area contributed by atoms with E-state index in [0.717, 1.165) is 39.1 Å². The van der Waals surface area contributed by atoms with Crippen molar-refractivity contribution in [2.75, 3.05) is 32.7 Å². The third kappa shape index (κ3) is 3.96. The maximum atomic E-state index is 12.6. The summed E-state index contributed by atoms with van der Waals surface area (Å²) < 4.78 is 0. The third-order valence-electron chi connectivity index (χ3n) is 4.74. The zero-order chi connectivity index (χ0) is 15.6. The molecule has 2 aliphatic rings. The molecule has 5 nitrogen and oxygen atoms in total. The number of piperazine rings is 1. The minimum atomic E-state index is -0.809. The largest absolute Gasteiger partial charge is 0.481 e.